The molecule has 0 fully saturated rings. The summed E-state index contributed by atoms with van der Waals surface area (Å²) in [5, 5.41) is 5.33. The van der Waals surface area contributed by atoms with Crippen molar-refractivity contribution >= 4 is 27.8 Å². The maximum Gasteiger partial charge on any atom is 0.338 e. The molecule has 2 N–H and O–H groups in total. The molecular weight excluding hydrogens is 364 g/mol. The lowest BCUT2D eigenvalue weighted by Crippen LogP contribution is -2.37. The van der Waals surface area contributed by atoms with Crippen molar-refractivity contribution in [3.05, 3.63) is 53.4 Å². The summed E-state index contributed by atoms with van der Waals surface area (Å²) >= 11 is 5.52. The van der Waals surface area contributed by atoms with Gasteiger partial charge < -0.3 is 14.8 Å². The van der Waals surface area contributed by atoms with Gasteiger partial charge in [0.25, 0.3) is 0 Å². The van der Waals surface area contributed by atoms with Crippen molar-refractivity contribution in [2.75, 3.05) is 12.4 Å². The van der Waals surface area contributed by atoms with Crippen LogP contribution < -0.4 is 10.6 Å². The molecule has 25 heavy (non-hydrogen) atoms. The van der Waals surface area contributed by atoms with Gasteiger partial charge in [-0.3, -0.25) is 0 Å². The Labute approximate surface area is 153 Å². The fraction of sp³-hybridized carbons (Fsp3) is 0.353. The van der Waals surface area contributed by atoms with Gasteiger partial charge in [0.2, 0.25) is 0 Å². The third kappa shape index (κ3) is 5.51. The van der Waals surface area contributed by atoms with Crippen molar-refractivity contribution in [1.82, 2.24) is 10.6 Å². The maximum absolute atomic E-state index is 12.3. The van der Waals surface area contributed by atoms with Gasteiger partial charge >= 0.3 is 16.1 Å². The predicted octanol–water partition coefficient (Wildman–Crippen LogP) is 3.05. The molecule has 0 saturated carbocycles. The highest BCUT2D eigenvalue weighted by molar-refractivity contribution is 7.86. The quantitative estimate of drug-likeness (QED) is 0.583. The minimum absolute atomic E-state index is 0.0880. The van der Waals surface area contributed by atoms with E-state index >= 15 is 0 Å². The van der Waals surface area contributed by atoms with E-state index in [1.165, 1.54) is 12.1 Å². The molecule has 0 saturated heterocycles. The molecule has 0 radical (unpaired) electrons. The fourth-order valence-corrected chi connectivity index (χ4v) is 3.35. The zero-order valence-corrected chi connectivity index (χ0v) is 15.7. The summed E-state index contributed by atoms with van der Waals surface area (Å²) in [6.07, 6.45) is 3.57. The third-order valence-electron chi connectivity index (χ3n) is 3.65. The van der Waals surface area contributed by atoms with Crippen LogP contribution >= 0.6 is 11.6 Å². The van der Waals surface area contributed by atoms with Gasteiger partial charge in [0.15, 0.2) is 0 Å². The van der Waals surface area contributed by atoms with Crippen molar-refractivity contribution in [2.24, 2.45) is 5.92 Å². The zero-order chi connectivity index (χ0) is 18.4. The molecule has 0 unspecified atom stereocenters. The molecule has 8 heteroatoms. The van der Waals surface area contributed by atoms with E-state index in [1.807, 2.05) is 13.8 Å². The molecule has 1 aliphatic carbocycles. The molecule has 0 heterocycles. The van der Waals surface area contributed by atoms with Gasteiger partial charge in [-0.25, -0.2) is 4.79 Å². The number of hydrogen-bond acceptors (Lipinski definition) is 4. The second kappa shape index (κ2) is 8.40. The predicted molar refractivity (Wildman–Crippen MR) is 96.7 cm³/mol. The third-order valence-corrected chi connectivity index (χ3v) is 5.12. The highest BCUT2D eigenvalue weighted by Gasteiger charge is 2.23. The second-order valence-electron chi connectivity index (χ2n) is 5.78. The number of alkyl halides is 1. The molecule has 2 amide bonds. The van der Waals surface area contributed by atoms with Crippen LogP contribution in [0.25, 0.3) is 0 Å². The number of carbonyl (C=O) groups excluding carboxylic acids is 1. The molecule has 1 aromatic carbocycles. The van der Waals surface area contributed by atoms with Crippen LogP contribution in [-0.4, -0.2) is 26.9 Å². The Bertz CT molecular complexity index is 785. The number of aryl methyl sites for hydroxylation is 1. The summed E-state index contributed by atoms with van der Waals surface area (Å²) in [6.45, 7) is 4.13. The van der Waals surface area contributed by atoms with E-state index in [9.17, 15) is 13.2 Å². The number of allylic oxidation sites excluding steroid dienone is 4. The smallest absolute Gasteiger partial charge is 0.338 e. The first kappa shape index (κ1) is 19.3. The Morgan fingerprint density at radius 3 is 2.56 bits per heavy atom. The van der Waals surface area contributed by atoms with Crippen molar-refractivity contribution in [2.45, 2.75) is 25.2 Å². The van der Waals surface area contributed by atoms with E-state index in [0.717, 1.165) is 5.56 Å². The van der Waals surface area contributed by atoms with Crippen molar-refractivity contribution in [3.63, 3.8) is 0 Å². The number of benzene rings is 1. The van der Waals surface area contributed by atoms with E-state index in [1.54, 1.807) is 24.3 Å². The summed E-state index contributed by atoms with van der Waals surface area (Å²) in [7, 11) is -3.86. The van der Waals surface area contributed by atoms with Crippen LogP contribution in [0.1, 0.15) is 18.9 Å². The second-order valence-corrected chi connectivity index (χ2v) is 7.70. The standard InChI is InChI=1S/C17H21ClN2O4S/c1-12-3-6-15(7-4-12)25(22,23)24-14-5-8-16(13(2)11-14)20-17(21)19-10-9-18/h3-8,13H,9-11H2,1-2H3,(H2,19,20,21)/t13-/m1/s1. The maximum atomic E-state index is 12.3. The van der Waals surface area contributed by atoms with Crippen LogP contribution in [0, 0.1) is 12.8 Å². The van der Waals surface area contributed by atoms with Gasteiger partial charge in [-0.15, -0.1) is 11.6 Å². The van der Waals surface area contributed by atoms with Crippen LogP contribution in [0.2, 0.25) is 0 Å². The van der Waals surface area contributed by atoms with Crippen molar-refractivity contribution in [1.29, 1.82) is 0 Å². The number of halogens is 1. The Morgan fingerprint density at radius 2 is 1.96 bits per heavy atom. The average molecular weight is 385 g/mol. The van der Waals surface area contributed by atoms with Crippen molar-refractivity contribution in [3.8, 4) is 0 Å². The number of urea groups is 1. The van der Waals surface area contributed by atoms with Crippen molar-refractivity contribution < 1.29 is 17.4 Å². The first-order valence-electron chi connectivity index (χ1n) is 7.84. The van der Waals surface area contributed by atoms with Gasteiger partial charge in [-0.05, 0) is 31.2 Å². The number of nitrogens with one attached hydrogen (secondary N) is 2. The summed E-state index contributed by atoms with van der Waals surface area (Å²) < 4.78 is 29.9. The molecule has 0 aromatic heterocycles. The van der Waals surface area contributed by atoms with E-state index in [2.05, 4.69) is 10.6 Å². The van der Waals surface area contributed by atoms with E-state index < -0.39 is 10.1 Å². The first-order chi connectivity index (χ1) is 11.8. The van der Waals surface area contributed by atoms with Crippen LogP contribution in [0.5, 0.6) is 0 Å². The summed E-state index contributed by atoms with van der Waals surface area (Å²) in [6, 6.07) is 6.12. The number of rotatable bonds is 6. The number of hydrogen-bond donors (Lipinski definition) is 2. The molecular formula is C17H21ClN2O4S. The van der Waals surface area contributed by atoms with Gasteiger partial charge in [-0.2, -0.15) is 8.42 Å². The highest BCUT2D eigenvalue weighted by Crippen LogP contribution is 2.27. The minimum atomic E-state index is -3.86. The number of carbonyl (C=O) groups is 1. The molecule has 1 atom stereocenters. The highest BCUT2D eigenvalue weighted by atomic mass is 35.5. The molecule has 0 aliphatic heterocycles. The van der Waals surface area contributed by atoms with Gasteiger partial charge in [-0.1, -0.05) is 24.6 Å². The topological polar surface area (TPSA) is 84.5 Å². The Hall–Kier alpha value is -1.99. The SMILES string of the molecule is Cc1ccc(S(=O)(=O)OC2=CC=C(NC(=O)NCCCl)[C@H](C)C2)cc1. The first-order valence-corrected chi connectivity index (χ1v) is 9.79. The van der Waals surface area contributed by atoms with Crippen LogP contribution in [0.15, 0.2) is 52.8 Å². The van der Waals surface area contributed by atoms with E-state index in [-0.39, 0.29) is 16.8 Å². The molecule has 0 spiro atoms. The lowest BCUT2D eigenvalue weighted by molar-refractivity contribution is 0.242. The summed E-state index contributed by atoms with van der Waals surface area (Å²) in [5.41, 5.74) is 1.66. The number of amides is 2. The zero-order valence-electron chi connectivity index (χ0n) is 14.1. The van der Waals surface area contributed by atoms with E-state index in [0.29, 0.717) is 30.3 Å². The Morgan fingerprint density at radius 1 is 1.28 bits per heavy atom. The molecule has 1 aliphatic rings. The summed E-state index contributed by atoms with van der Waals surface area (Å²) in [5.74, 6) is 0.575. The van der Waals surface area contributed by atoms with Gasteiger partial charge in [0.1, 0.15) is 10.7 Å². The lowest BCUT2D eigenvalue weighted by atomic mass is 9.98. The average Bonchev–Trinajstić information content (AvgIpc) is 2.55. The lowest BCUT2D eigenvalue weighted by Gasteiger charge is -2.22. The largest absolute Gasteiger partial charge is 0.383 e. The molecule has 6 nitrogen and oxygen atoms in total. The Kier molecular flexibility index (Phi) is 6.50. The van der Waals surface area contributed by atoms with E-state index in [4.69, 9.17) is 15.8 Å². The Balaban J connectivity index is 2.06. The molecule has 1 aromatic rings. The normalized spacial score (nSPS) is 17.3. The molecule has 0 bridgehead atoms. The van der Waals surface area contributed by atoms with Gasteiger partial charge in [0.05, 0.1) is 0 Å². The van der Waals surface area contributed by atoms with Gasteiger partial charge in [0, 0.05) is 30.5 Å². The minimum Gasteiger partial charge on any atom is -0.383 e. The fourth-order valence-electron chi connectivity index (χ4n) is 2.28. The summed E-state index contributed by atoms with van der Waals surface area (Å²) in [4.78, 5) is 11.8. The van der Waals surface area contributed by atoms with Crippen LogP contribution in [0.3, 0.4) is 0 Å². The monoisotopic (exact) mass is 384 g/mol. The molecule has 2 rings (SSSR count). The van der Waals surface area contributed by atoms with Crippen LogP contribution in [-0.2, 0) is 14.3 Å². The van der Waals surface area contributed by atoms with Crippen LogP contribution in [0.4, 0.5) is 4.79 Å². The molecule has 136 valence electrons.